The highest BCUT2D eigenvalue weighted by Crippen LogP contribution is 2.33. The quantitative estimate of drug-likeness (QED) is 0.763. The highest BCUT2D eigenvalue weighted by Gasteiger charge is 2.35. The predicted molar refractivity (Wildman–Crippen MR) is 94.6 cm³/mol. The summed E-state index contributed by atoms with van der Waals surface area (Å²) in [5.41, 5.74) is 0.941. The van der Waals surface area contributed by atoms with Crippen LogP contribution in [-0.4, -0.2) is 47.8 Å². The molecule has 26 heavy (non-hydrogen) atoms. The summed E-state index contributed by atoms with van der Waals surface area (Å²) in [5, 5.41) is 12.4. The van der Waals surface area contributed by atoms with E-state index in [0.29, 0.717) is 24.6 Å². The first kappa shape index (κ1) is 18.5. The third kappa shape index (κ3) is 3.93. The Labute approximate surface area is 153 Å². The van der Waals surface area contributed by atoms with Crippen LogP contribution in [0.3, 0.4) is 0 Å². The van der Waals surface area contributed by atoms with E-state index < -0.39 is 0 Å². The Morgan fingerprint density at radius 1 is 1.38 bits per heavy atom. The fourth-order valence-electron chi connectivity index (χ4n) is 3.31. The van der Waals surface area contributed by atoms with Crippen molar-refractivity contribution in [3.8, 4) is 11.5 Å². The zero-order chi connectivity index (χ0) is 18.7. The maximum absolute atomic E-state index is 12.5. The van der Waals surface area contributed by atoms with Gasteiger partial charge in [-0.3, -0.25) is 9.59 Å². The number of aliphatic hydroxyl groups excluding tert-OH is 1. The van der Waals surface area contributed by atoms with Gasteiger partial charge >= 0.3 is 0 Å². The van der Waals surface area contributed by atoms with E-state index in [9.17, 15) is 14.7 Å². The van der Waals surface area contributed by atoms with Gasteiger partial charge < -0.3 is 24.8 Å². The summed E-state index contributed by atoms with van der Waals surface area (Å²) in [7, 11) is 0. The number of carbonyl (C=O) groups is 2. The first-order chi connectivity index (χ1) is 12.5. The number of benzene rings is 1. The Morgan fingerprint density at radius 2 is 2.15 bits per heavy atom. The molecule has 2 N–H and O–H groups in total. The lowest BCUT2D eigenvalue weighted by Gasteiger charge is -2.24. The molecule has 7 nitrogen and oxygen atoms in total. The molecule has 0 radical (unpaired) electrons. The monoisotopic (exact) mass is 362 g/mol. The number of likely N-dealkylation sites (tertiary alicyclic amines) is 1. The van der Waals surface area contributed by atoms with Gasteiger partial charge in [0, 0.05) is 19.5 Å². The highest BCUT2D eigenvalue weighted by atomic mass is 16.7. The standard InChI is InChI=1S/C19H26N2O5/c1-3-12(2)15(10-22)20-19(24)14-7-18(23)21(9-14)8-13-4-5-16-17(6-13)26-11-25-16/h4-6,12,14-15,22H,3,7-11H2,1-2H3,(H,20,24). The summed E-state index contributed by atoms with van der Waals surface area (Å²) in [6.07, 6.45) is 1.07. The van der Waals surface area contributed by atoms with Gasteiger partial charge in [0.05, 0.1) is 18.6 Å². The molecule has 2 aliphatic heterocycles. The van der Waals surface area contributed by atoms with Crippen LogP contribution in [-0.2, 0) is 16.1 Å². The predicted octanol–water partition coefficient (Wildman–Crippen LogP) is 1.29. The first-order valence-electron chi connectivity index (χ1n) is 9.09. The molecule has 1 aromatic rings. The topological polar surface area (TPSA) is 88.1 Å². The number of hydrogen-bond acceptors (Lipinski definition) is 5. The van der Waals surface area contributed by atoms with Crippen LogP contribution in [0, 0.1) is 11.8 Å². The fraction of sp³-hybridized carbons (Fsp3) is 0.579. The minimum atomic E-state index is -0.380. The number of nitrogens with zero attached hydrogens (tertiary/aromatic N) is 1. The summed E-state index contributed by atoms with van der Waals surface area (Å²) < 4.78 is 10.7. The lowest BCUT2D eigenvalue weighted by Crippen LogP contribution is -2.45. The first-order valence-corrected chi connectivity index (χ1v) is 9.09. The molecule has 1 fully saturated rings. The Balaban J connectivity index is 1.58. The van der Waals surface area contributed by atoms with Gasteiger partial charge in [-0.2, -0.15) is 0 Å². The van der Waals surface area contributed by atoms with Crippen molar-refractivity contribution in [3.05, 3.63) is 23.8 Å². The van der Waals surface area contributed by atoms with Crippen LogP contribution in [0.2, 0.25) is 0 Å². The molecule has 3 unspecified atom stereocenters. The molecule has 3 rings (SSSR count). The molecule has 142 valence electrons. The SMILES string of the molecule is CCC(C)C(CO)NC(=O)C1CC(=O)N(Cc2ccc3c(c2)OCO3)C1. The van der Waals surface area contributed by atoms with E-state index >= 15 is 0 Å². The molecular weight excluding hydrogens is 336 g/mol. The minimum absolute atomic E-state index is 0.0353. The third-order valence-electron chi connectivity index (χ3n) is 5.25. The second-order valence-electron chi connectivity index (χ2n) is 7.05. The molecule has 1 aromatic carbocycles. The van der Waals surface area contributed by atoms with Gasteiger partial charge in [0.15, 0.2) is 11.5 Å². The number of aliphatic hydroxyl groups is 1. The zero-order valence-electron chi connectivity index (χ0n) is 15.2. The van der Waals surface area contributed by atoms with E-state index in [1.165, 1.54) is 0 Å². The summed E-state index contributed by atoms with van der Waals surface area (Å²) >= 11 is 0. The molecule has 7 heteroatoms. The molecule has 0 saturated carbocycles. The van der Waals surface area contributed by atoms with Crippen LogP contribution in [0.4, 0.5) is 0 Å². The van der Waals surface area contributed by atoms with Gasteiger partial charge in [-0.15, -0.1) is 0 Å². The number of amides is 2. The Bertz CT molecular complexity index is 678. The van der Waals surface area contributed by atoms with Crippen LogP contribution < -0.4 is 14.8 Å². The number of ether oxygens (including phenoxy) is 2. The van der Waals surface area contributed by atoms with Gasteiger partial charge in [-0.25, -0.2) is 0 Å². The second-order valence-corrected chi connectivity index (χ2v) is 7.05. The van der Waals surface area contributed by atoms with Crippen molar-refractivity contribution in [3.63, 3.8) is 0 Å². The van der Waals surface area contributed by atoms with Crippen LogP contribution in [0.5, 0.6) is 11.5 Å². The summed E-state index contributed by atoms with van der Waals surface area (Å²) in [5.74, 6) is 1.000. The van der Waals surface area contributed by atoms with Crippen molar-refractivity contribution in [2.75, 3.05) is 19.9 Å². The van der Waals surface area contributed by atoms with Gasteiger partial charge in [0.1, 0.15) is 0 Å². The molecule has 3 atom stereocenters. The van der Waals surface area contributed by atoms with Crippen molar-refractivity contribution in [2.45, 2.75) is 39.3 Å². The maximum atomic E-state index is 12.5. The summed E-state index contributed by atoms with van der Waals surface area (Å²) in [4.78, 5) is 26.5. The number of nitrogens with one attached hydrogen (secondary N) is 1. The Kier molecular flexibility index (Phi) is 5.66. The van der Waals surface area contributed by atoms with Gasteiger partial charge in [0.25, 0.3) is 0 Å². The van der Waals surface area contributed by atoms with Crippen LogP contribution in [0.1, 0.15) is 32.3 Å². The van der Waals surface area contributed by atoms with Crippen molar-refractivity contribution >= 4 is 11.8 Å². The van der Waals surface area contributed by atoms with Gasteiger partial charge in [0.2, 0.25) is 18.6 Å². The average Bonchev–Trinajstić information content (AvgIpc) is 3.25. The normalized spacial score (nSPS) is 21.0. The zero-order valence-corrected chi connectivity index (χ0v) is 15.2. The summed E-state index contributed by atoms with van der Waals surface area (Å²) in [6.45, 7) is 4.96. The van der Waals surface area contributed by atoms with E-state index in [1.807, 2.05) is 32.0 Å². The summed E-state index contributed by atoms with van der Waals surface area (Å²) in [6, 6.07) is 5.33. The highest BCUT2D eigenvalue weighted by molar-refractivity contribution is 5.89. The number of hydrogen-bond donors (Lipinski definition) is 2. The molecule has 0 spiro atoms. The van der Waals surface area contributed by atoms with Crippen molar-refractivity contribution in [2.24, 2.45) is 11.8 Å². The molecule has 2 aliphatic rings. The molecule has 1 saturated heterocycles. The van der Waals surface area contributed by atoms with Crippen LogP contribution in [0.25, 0.3) is 0 Å². The van der Waals surface area contributed by atoms with Crippen molar-refractivity contribution in [1.29, 1.82) is 0 Å². The molecule has 0 aromatic heterocycles. The van der Waals surface area contributed by atoms with Crippen LogP contribution >= 0.6 is 0 Å². The molecule has 2 heterocycles. The van der Waals surface area contributed by atoms with E-state index in [4.69, 9.17) is 9.47 Å². The lowest BCUT2D eigenvalue weighted by molar-refractivity contribution is -0.129. The number of rotatable bonds is 7. The van der Waals surface area contributed by atoms with Gasteiger partial charge in [-0.05, 0) is 23.6 Å². The lowest BCUT2D eigenvalue weighted by atomic mass is 9.98. The van der Waals surface area contributed by atoms with E-state index in [1.54, 1.807) is 4.90 Å². The smallest absolute Gasteiger partial charge is 0.231 e. The number of fused-ring (bicyclic) bond motifs is 1. The van der Waals surface area contributed by atoms with E-state index in [0.717, 1.165) is 12.0 Å². The molecule has 0 aliphatic carbocycles. The Morgan fingerprint density at radius 3 is 2.88 bits per heavy atom. The maximum Gasteiger partial charge on any atom is 0.231 e. The van der Waals surface area contributed by atoms with E-state index in [-0.39, 0.29) is 49.5 Å². The van der Waals surface area contributed by atoms with E-state index in [2.05, 4.69) is 5.32 Å². The number of carbonyl (C=O) groups excluding carboxylic acids is 2. The third-order valence-corrected chi connectivity index (χ3v) is 5.25. The molecule has 2 amide bonds. The van der Waals surface area contributed by atoms with Crippen LogP contribution in [0.15, 0.2) is 18.2 Å². The molecular formula is C19H26N2O5. The van der Waals surface area contributed by atoms with Gasteiger partial charge in [-0.1, -0.05) is 26.3 Å². The molecule has 0 bridgehead atoms. The minimum Gasteiger partial charge on any atom is -0.454 e. The average molecular weight is 362 g/mol. The second kappa shape index (κ2) is 7.95. The fourth-order valence-corrected chi connectivity index (χ4v) is 3.31. The van der Waals surface area contributed by atoms with Crippen molar-refractivity contribution < 1.29 is 24.2 Å². The Hall–Kier alpha value is -2.28. The van der Waals surface area contributed by atoms with Crippen molar-refractivity contribution in [1.82, 2.24) is 10.2 Å². The largest absolute Gasteiger partial charge is 0.454 e.